The summed E-state index contributed by atoms with van der Waals surface area (Å²) >= 11 is 13.8. The topological polar surface area (TPSA) is 35.2 Å². The molecule has 19 heavy (non-hydrogen) atoms. The van der Waals surface area contributed by atoms with Crippen molar-refractivity contribution < 1.29 is 4.74 Å². The summed E-state index contributed by atoms with van der Waals surface area (Å²) in [6, 6.07) is 9.27. The van der Waals surface area contributed by atoms with Crippen LogP contribution in [0.1, 0.15) is 22.8 Å². The largest absolute Gasteiger partial charge is 0.482 e. The van der Waals surface area contributed by atoms with E-state index in [0.717, 1.165) is 4.88 Å². The van der Waals surface area contributed by atoms with Crippen LogP contribution in [0.4, 0.5) is 0 Å². The lowest BCUT2D eigenvalue weighted by Crippen LogP contribution is -2.28. The quantitative estimate of drug-likeness (QED) is 0.877. The molecule has 0 saturated heterocycles. The number of hydrogen-bond donors (Lipinski definition) is 1. The van der Waals surface area contributed by atoms with Crippen LogP contribution in [0.5, 0.6) is 5.75 Å². The van der Waals surface area contributed by atoms with Gasteiger partial charge in [-0.05, 0) is 38.1 Å². The van der Waals surface area contributed by atoms with E-state index in [2.05, 4.69) is 13.0 Å². The molecule has 0 saturated carbocycles. The first-order chi connectivity index (χ1) is 8.99. The Hall–Kier alpha value is -0.740. The molecule has 0 bridgehead atoms. The van der Waals surface area contributed by atoms with Crippen LogP contribution in [0.3, 0.4) is 0 Å². The Morgan fingerprint density at radius 3 is 2.53 bits per heavy atom. The predicted octanol–water partition coefficient (Wildman–Crippen LogP) is 4.83. The van der Waals surface area contributed by atoms with Gasteiger partial charge in [0.1, 0.15) is 16.9 Å². The number of ether oxygens (including phenoxy) is 1. The van der Waals surface area contributed by atoms with Gasteiger partial charge in [-0.1, -0.05) is 29.3 Å². The molecule has 2 aromatic rings. The van der Waals surface area contributed by atoms with Crippen LogP contribution in [0.15, 0.2) is 30.3 Å². The van der Waals surface area contributed by atoms with Crippen molar-refractivity contribution in [3.63, 3.8) is 0 Å². The highest BCUT2D eigenvalue weighted by Crippen LogP contribution is 2.36. The van der Waals surface area contributed by atoms with Gasteiger partial charge in [-0.15, -0.1) is 11.3 Å². The van der Waals surface area contributed by atoms with Gasteiger partial charge in [0.05, 0.1) is 5.02 Å². The first kappa shape index (κ1) is 14.7. The first-order valence-electron chi connectivity index (χ1n) is 5.91. The Kier molecular flexibility index (Phi) is 4.74. The van der Waals surface area contributed by atoms with E-state index in [9.17, 15) is 0 Å². The molecule has 102 valence electrons. The normalized spacial score (nSPS) is 14.2. The van der Waals surface area contributed by atoms with Gasteiger partial charge in [0.15, 0.2) is 0 Å². The first-order valence-corrected chi connectivity index (χ1v) is 7.49. The monoisotopic (exact) mass is 315 g/mol. The summed E-state index contributed by atoms with van der Waals surface area (Å²) in [5.74, 6) is 0.558. The lowest BCUT2D eigenvalue weighted by molar-refractivity contribution is 0.184. The number of aryl methyl sites for hydroxylation is 1. The molecule has 2 rings (SSSR count). The molecule has 1 aromatic heterocycles. The molecule has 1 heterocycles. The van der Waals surface area contributed by atoms with E-state index in [4.69, 9.17) is 33.7 Å². The second-order valence-corrected chi connectivity index (χ2v) is 6.50. The van der Waals surface area contributed by atoms with Gasteiger partial charge in [0.25, 0.3) is 0 Å². The summed E-state index contributed by atoms with van der Waals surface area (Å²) in [6.45, 7) is 3.97. The Balaban J connectivity index is 2.29. The molecular weight excluding hydrogens is 301 g/mol. The van der Waals surface area contributed by atoms with Crippen molar-refractivity contribution in [3.05, 3.63) is 50.1 Å². The molecular formula is C14H15Cl2NOS. The highest BCUT2D eigenvalue weighted by atomic mass is 35.5. The predicted molar refractivity (Wildman–Crippen MR) is 82.5 cm³/mol. The lowest BCUT2D eigenvalue weighted by atomic mass is 10.1. The fourth-order valence-electron chi connectivity index (χ4n) is 1.74. The Morgan fingerprint density at radius 1 is 1.21 bits per heavy atom. The number of benzene rings is 1. The van der Waals surface area contributed by atoms with Gasteiger partial charge < -0.3 is 10.5 Å². The van der Waals surface area contributed by atoms with Crippen LogP contribution in [0, 0.1) is 6.92 Å². The highest BCUT2D eigenvalue weighted by molar-refractivity contribution is 7.12. The zero-order chi connectivity index (χ0) is 14.0. The second-order valence-electron chi connectivity index (χ2n) is 4.40. The van der Waals surface area contributed by atoms with Gasteiger partial charge in [-0.3, -0.25) is 0 Å². The molecule has 0 radical (unpaired) electrons. The van der Waals surface area contributed by atoms with Gasteiger partial charge in [-0.25, -0.2) is 0 Å². The fourth-order valence-corrected chi connectivity index (χ4v) is 3.10. The van der Waals surface area contributed by atoms with Gasteiger partial charge in [0, 0.05) is 15.8 Å². The van der Waals surface area contributed by atoms with Crippen LogP contribution in [-0.4, -0.2) is 6.04 Å². The zero-order valence-corrected chi connectivity index (χ0v) is 13.0. The summed E-state index contributed by atoms with van der Waals surface area (Å²) < 4.78 is 5.96. The molecule has 0 amide bonds. The number of rotatable bonds is 4. The third-order valence-electron chi connectivity index (χ3n) is 2.69. The molecule has 2 atom stereocenters. The smallest absolute Gasteiger partial charge is 0.148 e. The van der Waals surface area contributed by atoms with E-state index >= 15 is 0 Å². The summed E-state index contributed by atoms with van der Waals surface area (Å²) in [5.41, 5.74) is 6.02. The molecule has 2 unspecified atom stereocenters. The van der Waals surface area contributed by atoms with E-state index in [1.54, 1.807) is 23.5 Å². The van der Waals surface area contributed by atoms with Gasteiger partial charge in [-0.2, -0.15) is 0 Å². The van der Waals surface area contributed by atoms with Crippen molar-refractivity contribution in [1.82, 2.24) is 0 Å². The summed E-state index contributed by atoms with van der Waals surface area (Å²) in [5, 5.41) is 0.896. The number of thiophene rings is 1. The second kappa shape index (κ2) is 6.14. The average Bonchev–Trinajstić information content (AvgIpc) is 2.77. The molecule has 0 fully saturated rings. The zero-order valence-electron chi connectivity index (χ0n) is 10.7. The van der Waals surface area contributed by atoms with E-state index in [1.165, 1.54) is 4.88 Å². The summed E-state index contributed by atoms with van der Waals surface area (Å²) in [6.07, 6.45) is -0.227. The number of nitrogens with two attached hydrogens (primary N) is 1. The van der Waals surface area contributed by atoms with E-state index in [-0.39, 0.29) is 12.1 Å². The minimum absolute atomic E-state index is 0.145. The Labute approximate surface area is 127 Å². The van der Waals surface area contributed by atoms with Crippen LogP contribution in [-0.2, 0) is 0 Å². The molecule has 2 N–H and O–H groups in total. The maximum atomic E-state index is 6.14. The Bertz CT molecular complexity index is 568. The van der Waals surface area contributed by atoms with Crippen molar-refractivity contribution in [3.8, 4) is 5.75 Å². The molecule has 0 aliphatic heterocycles. The lowest BCUT2D eigenvalue weighted by Gasteiger charge is -2.22. The van der Waals surface area contributed by atoms with E-state index in [0.29, 0.717) is 15.8 Å². The van der Waals surface area contributed by atoms with Gasteiger partial charge in [0.2, 0.25) is 0 Å². The summed E-state index contributed by atoms with van der Waals surface area (Å²) in [4.78, 5) is 2.31. The molecule has 0 aliphatic rings. The van der Waals surface area contributed by atoms with E-state index in [1.807, 2.05) is 19.1 Å². The minimum atomic E-state index is -0.227. The SMILES string of the molecule is Cc1ccc(C(Oc2cccc(Cl)c2Cl)C(C)N)s1. The van der Waals surface area contributed by atoms with Crippen molar-refractivity contribution in [2.45, 2.75) is 26.0 Å². The minimum Gasteiger partial charge on any atom is -0.482 e. The van der Waals surface area contributed by atoms with Crippen molar-refractivity contribution in [1.29, 1.82) is 0 Å². The Morgan fingerprint density at radius 2 is 1.95 bits per heavy atom. The van der Waals surface area contributed by atoms with Crippen molar-refractivity contribution >= 4 is 34.5 Å². The molecule has 5 heteroatoms. The third-order valence-corrected chi connectivity index (χ3v) is 4.55. The molecule has 0 aliphatic carbocycles. The summed E-state index contributed by atoms with van der Waals surface area (Å²) in [7, 11) is 0. The van der Waals surface area contributed by atoms with Gasteiger partial charge >= 0.3 is 0 Å². The maximum absolute atomic E-state index is 6.14. The third kappa shape index (κ3) is 3.42. The number of hydrogen-bond acceptors (Lipinski definition) is 3. The molecule has 1 aromatic carbocycles. The van der Waals surface area contributed by atoms with Crippen molar-refractivity contribution in [2.75, 3.05) is 0 Å². The highest BCUT2D eigenvalue weighted by Gasteiger charge is 2.21. The molecule has 0 spiro atoms. The molecule has 2 nitrogen and oxygen atoms in total. The standard InChI is InChI=1S/C14H15Cl2NOS/c1-8-6-7-12(19-8)14(9(2)17)18-11-5-3-4-10(15)13(11)16/h3-7,9,14H,17H2,1-2H3. The number of halogens is 2. The van der Waals surface area contributed by atoms with Crippen molar-refractivity contribution in [2.24, 2.45) is 5.73 Å². The van der Waals surface area contributed by atoms with Crippen LogP contribution in [0.25, 0.3) is 0 Å². The van der Waals surface area contributed by atoms with Crippen LogP contribution in [0.2, 0.25) is 10.0 Å². The van der Waals surface area contributed by atoms with E-state index < -0.39 is 0 Å². The average molecular weight is 316 g/mol. The fraction of sp³-hybridized carbons (Fsp3) is 0.286. The van der Waals surface area contributed by atoms with Crippen LogP contribution < -0.4 is 10.5 Å². The maximum Gasteiger partial charge on any atom is 0.148 e. The van der Waals surface area contributed by atoms with Crippen LogP contribution >= 0.6 is 34.5 Å².